The molecule has 0 saturated heterocycles. The summed E-state index contributed by atoms with van der Waals surface area (Å²) in [6.07, 6.45) is 1.87. The van der Waals surface area contributed by atoms with Crippen LogP contribution in [-0.2, 0) is 4.65 Å². The standard InChI is InChI=1S/C4H10BFOS/c1-4(2,6)7-5-8-3/h5H,1-3H3. The van der Waals surface area contributed by atoms with Gasteiger partial charge in [0.15, 0.2) is 5.85 Å². The van der Waals surface area contributed by atoms with Gasteiger partial charge in [0.2, 0.25) is 0 Å². The van der Waals surface area contributed by atoms with Gasteiger partial charge in [-0.25, -0.2) is 4.39 Å². The van der Waals surface area contributed by atoms with Crippen molar-refractivity contribution in [3.8, 4) is 0 Å². The van der Waals surface area contributed by atoms with E-state index in [4.69, 9.17) is 0 Å². The van der Waals surface area contributed by atoms with Crippen LogP contribution in [0.3, 0.4) is 0 Å². The molecule has 0 spiro atoms. The van der Waals surface area contributed by atoms with E-state index in [2.05, 4.69) is 4.65 Å². The maximum Gasteiger partial charge on any atom is 0.345 e. The Hall–Kier alpha value is 0.305. The van der Waals surface area contributed by atoms with Gasteiger partial charge in [0.05, 0.1) is 0 Å². The van der Waals surface area contributed by atoms with E-state index in [1.54, 1.807) is 0 Å². The molecule has 0 aliphatic rings. The molecule has 0 saturated carbocycles. The van der Waals surface area contributed by atoms with E-state index in [0.717, 1.165) is 0 Å². The number of rotatable bonds is 3. The van der Waals surface area contributed by atoms with Crippen LogP contribution in [-0.4, -0.2) is 18.9 Å². The lowest BCUT2D eigenvalue weighted by atomic mass is 10.4. The van der Waals surface area contributed by atoms with Crippen molar-refractivity contribution in [1.29, 1.82) is 0 Å². The first kappa shape index (κ1) is 8.30. The second-order valence-corrected chi connectivity index (χ2v) is 2.73. The predicted octanol–water partition coefficient (Wildman–Crippen LogP) is 1.34. The van der Waals surface area contributed by atoms with Gasteiger partial charge in [-0.1, -0.05) is 0 Å². The molecule has 0 heterocycles. The molecule has 0 N–H and O–H groups in total. The normalized spacial score (nSPS) is 11.5. The highest BCUT2D eigenvalue weighted by Gasteiger charge is 2.13. The Bertz CT molecular complexity index is 63.5. The molecule has 0 aromatic rings. The Morgan fingerprint density at radius 2 is 2.12 bits per heavy atom. The summed E-state index contributed by atoms with van der Waals surface area (Å²) in [5.74, 6) is -1.47. The Balaban J connectivity index is 3.11. The van der Waals surface area contributed by atoms with Crippen LogP contribution < -0.4 is 0 Å². The highest BCUT2D eigenvalue weighted by atomic mass is 32.2. The van der Waals surface area contributed by atoms with Crippen molar-refractivity contribution in [2.75, 3.05) is 6.26 Å². The van der Waals surface area contributed by atoms with Gasteiger partial charge >= 0.3 is 6.76 Å². The number of hydrogen-bond donors (Lipinski definition) is 0. The third-order valence-electron chi connectivity index (χ3n) is 0.520. The van der Waals surface area contributed by atoms with Crippen LogP contribution in [0.15, 0.2) is 0 Å². The molecule has 0 aromatic carbocycles. The first-order valence-electron chi connectivity index (χ1n) is 2.38. The van der Waals surface area contributed by atoms with Crippen LogP contribution in [0.2, 0.25) is 0 Å². The summed E-state index contributed by atoms with van der Waals surface area (Å²) >= 11 is 1.47. The summed E-state index contributed by atoms with van der Waals surface area (Å²) in [7, 11) is 0. The van der Waals surface area contributed by atoms with Gasteiger partial charge in [-0.2, -0.15) is 11.6 Å². The highest BCUT2D eigenvalue weighted by molar-refractivity contribution is 8.21. The van der Waals surface area contributed by atoms with Crippen molar-refractivity contribution in [2.45, 2.75) is 19.7 Å². The maximum atomic E-state index is 12.3. The molecule has 0 amide bonds. The Kier molecular flexibility index (Phi) is 3.48. The lowest BCUT2D eigenvalue weighted by Gasteiger charge is -2.13. The fraction of sp³-hybridized carbons (Fsp3) is 1.00. The SMILES string of the molecule is CSBOC(C)(C)F. The van der Waals surface area contributed by atoms with E-state index in [-0.39, 0.29) is 0 Å². The summed E-state index contributed by atoms with van der Waals surface area (Å²) < 4.78 is 17.0. The second-order valence-electron chi connectivity index (χ2n) is 1.91. The quantitative estimate of drug-likeness (QED) is 0.541. The molecule has 4 heteroatoms. The molecule has 0 aliphatic heterocycles. The summed E-state index contributed by atoms with van der Waals surface area (Å²) in [6, 6.07) is 0. The van der Waals surface area contributed by atoms with Crippen LogP contribution in [0.1, 0.15) is 13.8 Å². The summed E-state index contributed by atoms with van der Waals surface area (Å²) in [5, 5.41) is 0. The molecule has 8 heavy (non-hydrogen) atoms. The third kappa shape index (κ3) is 6.30. The first-order chi connectivity index (χ1) is 3.56. The Labute approximate surface area is 54.2 Å². The zero-order valence-electron chi connectivity index (χ0n) is 5.40. The van der Waals surface area contributed by atoms with Crippen LogP contribution in [0.25, 0.3) is 0 Å². The monoisotopic (exact) mass is 136 g/mol. The molecule has 0 fully saturated rings. The fourth-order valence-electron chi connectivity index (χ4n) is 0.199. The van der Waals surface area contributed by atoms with E-state index in [9.17, 15) is 4.39 Å². The van der Waals surface area contributed by atoms with Crippen LogP contribution in [0, 0.1) is 0 Å². The van der Waals surface area contributed by atoms with Gasteiger partial charge in [0, 0.05) is 0 Å². The molecule has 0 aromatic heterocycles. The number of alkyl halides is 1. The molecular weight excluding hydrogens is 126 g/mol. The second kappa shape index (κ2) is 3.35. The zero-order chi connectivity index (χ0) is 6.62. The minimum atomic E-state index is -1.47. The predicted molar refractivity (Wildman–Crippen MR) is 36.9 cm³/mol. The van der Waals surface area contributed by atoms with Crippen LogP contribution in [0.5, 0.6) is 0 Å². The summed E-state index contributed by atoms with van der Waals surface area (Å²) in [4.78, 5) is 0. The molecule has 0 rings (SSSR count). The topological polar surface area (TPSA) is 9.23 Å². The van der Waals surface area contributed by atoms with Gasteiger partial charge in [0.25, 0.3) is 0 Å². The molecule has 0 radical (unpaired) electrons. The molecule has 0 bridgehead atoms. The van der Waals surface area contributed by atoms with Crippen molar-refractivity contribution in [1.82, 2.24) is 0 Å². The average Bonchev–Trinajstić information content (AvgIpc) is 1.59. The van der Waals surface area contributed by atoms with E-state index in [1.807, 2.05) is 6.26 Å². The van der Waals surface area contributed by atoms with Gasteiger partial charge in [0.1, 0.15) is 0 Å². The van der Waals surface area contributed by atoms with Crippen molar-refractivity contribution < 1.29 is 9.04 Å². The molecule has 0 aliphatic carbocycles. The van der Waals surface area contributed by atoms with E-state index in [1.165, 1.54) is 25.5 Å². The average molecular weight is 136 g/mol. The van der Waals surface area contributed by atoms with Gasteiger partial charge in [-0.05, 0) is 20.1 Å². The number of hydrogen-bond acceptors (Lipinski definition) is 2. The third-order valence-corrected chi connectivity index (χ3v) is 0.874. The number of halogens is 1. The van der Waals surface area contributed by atoms with E-state index in [0.29, 0.717) is 6.76 Å². The van der Waals surface area contributed by atoms with Crippen molar-refractivity contribution in [3.63, 3.8) is 0 Å². The maximum absolute atomic E-state index is 12.3. The minimum Gasteiger partial charge on any atom is -0.399 e. The first-order valence-corrected chi connectivity index (χ1v) is 3.77. The molecule has 0 unspecified atom stereocenters. The Morgan fingerprint density at radius 3 is 2.25 bits per heavy atom. The molecule has 1 nitrogen and oxygen atoms in total. The minimum absolute atomic E-state index is 0.420. The smallest absolute Gasteiger partial charge is 0.345 e. The van der Waals surface area contributed by atoms with Gasteiger partial charge < -0.3 is 4.65 Å². The van der Waals surface area contributed by atoms with Crippen LogP contribution >= 0.6 is 11.6 Å². The molecular formula is C4H10BFOS. The zero-order valence-corrected chi connectivity index (χ0v) is 6.22. The summed E-state index contributed by atoms with van der Waals surface area (Å²) in [6.45, 7) is 3.20. The van der Waals surface area contributed by atoms with Crippen molar-refractivity contribution >= 4 is 18.4 Å². The highest BCUT2D eigenvalue weighted by Crippen LogP contribution is 2.10. The lowest BCUT2D eigenvalue weighted by Crippen LogP contribution is -2.18. The Morgan fingerprint density at radius 1 is 1.62 bits per heavy atom. The van der Waals surface area contributed by atoms with E-state index >= 15 is 0 Å². The fourth-order valence-corrected chi connectivity index (χ4v) is 0.597. The molecule has 0 atom stereocenters. The van der Waals surface area contributed by atoms with Gasteiger partial charge in [-0.15, -0.1) is 0 Å². The lowest BCUT2D eigenvalue weighted by molar-refractivity contribution is -0.0204. The van der Waals surface area contributed by atoms with Crippen molar-refractivity contribution in [2.24, 2.45) is 0 Å². The van der Waals surface area contributed by atoms with Crippen molar-refractivity contribution in [3.05, 3.63) is 0 Å². The molecule has 48 valence electrons. The van der Waals surface area contributed by atoms with Crippen LogP contribution in [0.4, 0.5) is 4.39 Å². The summed E-state index contributed by atoms with van der Waals surface area (Å²) in [5.41, 5.74) is 0. The van der Waals surface area contributed by atoms with E-state index < -0.39 is 5.85 Å². The largest absolute Gasteiger partial charge is 0.399 e. The van der Waals surface area contributed by atoms with Gasteiger partial charge in [-0.3, -0.25) is 0 Å².